The molecule has 0 radical (unpaired) electrons. The second-order valence-corrected chi connectivity index (χ2v) is 5.28. The third-order valence-corrected chi connectivity index (χ3v) is 4.06. The number of hydrogen-bond donors (Lipinski definition) is 0. The summed E-state index contributed by atoms with van der Waals surface area (Å²) in [6.45, 7) is 0. The molecule has 3 rings (SSSR count). The van der Waals surface area contributed by atoms with Crippen molar-refractivity contribution in [2.24, 2.45) is 7.05 Å². The molecule has 1 aromatic heterocycles. The number of alkyl halides is 1. The van der Waals surface area contributed by atoms with Crippen LogP contribution in [-0.4, -0.2) is 15.7 Å². The number of ketones is 1. The lowest BCUT2D eigenvalue weighted by atomic mass is 10.0. The van der Waals surface area contributed by atoms with Crippen LogP contribution in [0.5, 0.6) is 0 Å². The van der Waals surface area contributed by atoms with Gasteiger partial charge in [0.05, 0.1) is 16.6 Å². The van der Waals surface area contributed by atoms with Gasteiger partial charge in [0.15, 0.2) is 5.78 Å². The lowest BCUT2D eigenvalue weighted by Gasteiger charge is -2.07. The van der Waals surface area contributed by atoms with Crippen LogP contribution in [0.3, 0.4) is 0 Å². The van der Waals surface area contributed by atoms with Gasteiger partial charge >= 0.3 is 0 Å². The van der Waals surface area contributed by atoms with Gasteiger partial charge in [0, 0.05) is 18.0 Å². The van der Waals surface area contributed by atoms with Gasteiger partial charge in [-0.15, -0.1) is 0 Å². The molecule has 0 aliphatic heterocycles. The van der Waals surface area contributed by atoms with Crippen molar-refractivity contribution in [2.45, 2.75) is 0 Å². The Labute approximate surface area is 126 Å². The van der Waals surface area contributed by atoms with Crippen molar-refractivity contribution in [1.29, 1.82) is 0 Å². The number of benzene rings is 2. The van der Waals surface area contributed by atoms with Gasteiger partial charge in [-0.2, -0.15) is 0 Å². The monoisotopic (exact) mass is 327 g/mol. The van der Waals surface area contributed by atoms with Crippen molar-refractivity contribution in [3.63, 3.8) is 0 Å². The zero-order valence-electron chi connectivity index (χ0n) is 11.1. The number of fused-ring (bicyclic) bond motifs is 1. The van der Waals surface area contributed by atoms with E-state index in [1.807, 2.05) is 61.6 Å². The summed E-state index contributed by atoms with van der Waals surface area (Å²) >= 11 is 3.29. The lowest BCUT2D eigenvalue weighted by Crippen LogP contribution is -2.03. The molecule has 3 aromatic rings. The van der Waals surface area contributed by atoms with E-state index in [4.69, 9.17) is 0 Å². The number of rotatable bonds is 3. The fourth-order valence-electron chi connectivity index (χ4n) is 2.68. The normalized spacial score (nSPS) is 10.9. The van der Waals surface area contributed by atoms with Crippen LogP contribution in [0.15, 0.2) is 54.6 Å². The van der Waals surface area contributed by atoms with Crippen LogP contribution >= 0.6 is 15.9 Å². The zero-order chi connectivity index (χ0) is 14.1. The first-order valence-electron chi connectivity index (χ1n) is 6.46. The first kappa shape index (κ1) is 13.1. The molecule has 3 heteroatoms. The number of carbonyl (C=O) groups excluding carboxylic acids is 1. The second kappa shape index (κ2) is 5.25. The highest BCUT2D eigenvalue weighted by Gasteiger charge is 2.20. The average Bonchev–Trinajstić information content (AvgIpc) is 2.81. The van der Waals surface area contributed by atoms with Crippen LogP contribution < -0.4 is 0 Å². The molecular formula is C17H14BrNO. The molecule has 0 fully saturated rings. The Morgan fingerprint density at radius 2 is 1.70 bits per heavy atom. The summed E-state index contributed by atoms with van der Waals surface area (Å²) in [6.07, 6.45) is 0. The standard InChI is InChI=1S/C17H14BrNO/c1-19-14-10-6-5-9-13(14)16(15(20)11-18)17(19)12-7-3-2-4-8-12/h2-10H,11H2,1H3. The number of para-hydroxylation sites is 1. The third kappa shape index (κ3) is 1.98. The van der Waals surface area contributed by atoms with Crippen molar-refractivity contribution in [1.82, 2.24) is 4.57 Å². The molecule has 0 spiro atoms. The number of hydrogen-bond acceptors (Lipinski definition) is 1. The molecule has 1 heterocycles. The van der Waals surface area contributed by atoms with E-state index in [9.17, 15) is 4.79 Å². The number of Topliss-reactive ketones (excluding diaryl/α,β-unsaturated/α-hetero) is 1. The Kier molecular flexibility index (Phi) is 3.45. The van der Waals surface area contributed by atoms with Gasteiger partial charge in [0.2, 0.25) is 0 Å². The van der Waals surface area contributed by atoms with Crippen LogP contribution in [0.2, 0.25) is 0 Å². The second-order valence-electron chi connectivity index (χ2n) is 4.72. The number of aromatic nitrogens is 1. The summed E-state index contributed by atoms with van der Waals surface area (Å²) in [4.78, 5) is 12.4. The van der Waals surface area contributed by atoms with Crippen LogP contribution in [0.25, 0.3) is 22.2 Å². The van der Waals surface area contributed by atoms with E-state index in [2.05, 4.69) is 20.5 Å². The Balaban J connectivity index is 2.41. The van der Waals surface area contributed by atoms with E-state index in [1.54, 1.807) is 0 Å². The summed E-state index contributed by atoms with van der Waals surface area (Å²) in [5.74, 6) is 0.112. The highest BCUT2D eigenvalue weighted by molar-refractivity contribution is 9.09. The van der Waals surface area contributed by atoms with Crippen LogP contribution in [0.4, 0.5) is 0 Å². The molecule has 0 aliphatic carbocycles. The lowest BCUT2D eigenvalue weighted by molar-refractivity contribution is 0.102. The van der Waals surface area contributed by atoms with Gasteiger partial charge in [0.25, 0.3) is 0 Å². The minimum absolute atomic E-state index is 0.112. The number of halogens is 1. The largest absolute Gasteiger partial charge is 0.343 e. The summed E-state index contributed by atoms with van der Waals surface area (Å²) in [6, 6.07) is 18.1. The summed E-state index contributed by atoms with van der Waals surface area (Å²) in [7, 11) is 2.01. The molecule has 0 saturated carbocycles. The Morgan fingerprint density at radius 1 is 1.05 bits per heavy atom. The number of aryl methyl sites for hydroxylation is 1. The molecule has 0 saturated heterocycles. The minimum atomic E-state index is 0.112. The number of nitrogens with zero attached hydrogens (tertiary/aromatic N) is 1. The quantitative estimate of drug-likeness (QED) is 0.515. The van der Waals surface area contributed by atoms with E-state index >= 15 is 0 Å². The van der Waals surface area contributed by atoms with Gasteiger partial charge in [-0.05, 0) is 11.6 Å². The summed E-state index contributed by atoms with van der Waals surface area (Å²) in [5.41, 5.74) is 3.92. The van der Waals surface area contributed by atoms with Crippen molar-refractivity contribution < 1.29 is 4.79 Å². The van der Waals surface area contributed by atoms with Crippen LogP contribution in [0.1, 0.15) is 10.4 Å². The fraction of sp³-hybridized carbons (Fsp3) is 0.118. The van der Waals surface area contributed by atoms with Gasteiger partial charge < -0.3 is 4.57 Å². The average molecular weight is 328 g/mol. The predicted octanol–water partition coefficient (Wildman–Crippen LogP) is 4.42. The molecule has 0 bridgehead atoms. The van der Waals surface area contributed by atoms with Gasteiger partial charge in [-0.3, -0.25) is 4.79 Å². The molecule has 2 nitrogen and oxygen atoms in total. The van der Waals surface area contributed by atoms with E-state index in [0.717, 1.165) is 27.7 Å². The molecule has 0 atom stereocenters. The maximum Gasteiger partial charge on any atom is 0.176 e. The molecule has 0 amide bonds. The smallest absolute Gasteiger partial charge is 0.176 e. The number of carbonyl (C=O) groups is 1. The van der Waals surface area contributed by atoms with Crippen molar-refractivity contribution >= 4 is 32.6 Å². The first-order chi connectivity index (χ1) is 9.74. The Bertz CT molecular complexity index is 774. The fourth-order valence-corrected chi connectivity index (χ4v) is 2.96. The Morgan fingerprint density at radius 3 is 2.40 bits per heavy atom. The SMILES string of the molecule is Cn1c(-c2ccccc2)c(C(=O)CBr)c2ccccc21. The molecule has 0 N–H and O–H groups in total. The van der Waals surface area contributed by atoms with E-state index in [-0.39, 0.29) is 5.78 Å². The highest BCUT2D eigenvalue weighted by Crippen LogP contribution is 2.33. The molecule has 0 unspecified atom stereocenters. The summed E-state index contributed by atoms with van der Waals surface area (Å²) < 4.78 is 2.10. The Hall–Kier alpha value is -1.87. The van der Waals surface area contributed by atoms with E-state index in [1.165, 1.54) is 0 Å². The third-order valence-electron chi connectivity index (χ3n) is 3.55. The van der Waals surface area contributed by atoms with Crippen LogP contribution in [0, 0.1) is 0 Å². The topological polar surface area (TPSA) is 22.0 Å². The minimum Gasteiger partial charge on any atom is -0.343 e. The van der Waals surface area contributed by atoms with Crippen molar-refractivity contribution in [3.8, 4) is 11.3 Å². The van der Waals surface area contributed by atoms with Gasteiger partial charge in [-0.25, -0.2) is 0 Å². The van der Waals surface area contributed by atoms with Crippen molar-refractivity contribution in [2.75, 3.05) is 5.33 Å². The maximum absolute atomic E-state index is 12.4. The van der Waals surface area contributed by atoms with E-state index in [0.29, 0.717) is 5.33 Å². The first-order valence-corrected chi connectivity index (χ1v) is 7.58. The molecule has 0 aliphatic rings. The van der Waals surface area contributed by atoms with Gasteiger partial charge in [0.1, 0.15) is 0 Å². The predicted molar refractivity (Wildman–Crippen MR) is 86.5 cm³/mol. The molecule has 100 valence electrons. The molecular weight excluding hydrogens is 314 g/mol. The van der Waals surface area contributed by atoms with Crippen molar-refractivity contribution in [3.05, 3.63) is 60.2 Å². The molecule has 2 aromatic carbocycles. The van der Waals surface area contributed by atoms with E-state index < -0.39 is 0 Å². The van der Waals surface area contributed by atoms with Gasteiger partial charge in [-0.1, -0.05) is 64.5 Å². The molecule has 20 heavy (non-hydrogen) atoms. The zero-order valence-corrected chi connectivity index (χ0v) is 12.7. The van der Waals surface area contributed by atoms with Crippen LogP contribution in [-0.2, 0) is 7.05 Å². The highest BCUT2D eigenvalue weighted by atomic mass is 79.9. The summed E-state index contributed by atoms with van der Waals surface area (Å²) in [5, 5.41) is 1.35. The maximum atomic E-state index is 12.4.